The van der Waals surface area contributed by atoms with Crippen LogP contribution in [0.2, 0.25) is 0 Å². The summed E-state index contributed by atoms with van der Waals surface area (Å²) in [6, 6.07) is 2.18. The lowest BCUT2D eigenvalue weighted by atomic mass is 10.1. The van der Waals surface area contributed by atoms with Gasteiger partial charge >= 0.3 is 0 Å². The van der Waals surface area contributed by atoms with Crippen LogP contribution in [0.1, 0.15) is 23.8 Å². The summed E-state index contributed by atoms with van der Waals surface area (Å²) in [4.78, 5) is 1.35. The van der Waals surface area contributed by atoms with Gasteiger partial charge in [-0.15, -0.1) is 11.3 Å². The Morgan fingerprint density at radius 1 is 1.60 bits per heavy atom. The molecule has 0 aliphatic heterocycles. The van der Waals surface area contributed by atoms with Gasteiger partial charge in [0.2, 0.25) is 0 Å². The molecule has 10 heavy (non-hydrogen) atoms. The smallest absolute Gasteiger partial charge is 0.0276 e. The van der Waals surface area contributed by atoms with Crippen molar-refractivity contribution in [2.75, 3.05) is 0 Å². The molecule has 1 aromatic rings. The molecular formula is C8H13NS. The molecule has 0 amide bonds. The normalized spacial score (nSPS) is 10.2. The third-order valence-corrected chi connectivity index (χ3v) is 2.53. The van der Waals surface area contributed by atoms with Gasteiger partial charge in [-0.2, -0.15) is 0 Å². The summed E-state index contributed by atoms with van der Waals surface area (Å²) in [6.07, 6.45) is 2.39. The van der Waals surface area contributed by atoms with Crippen LogP contribution in [0, 0.1) is 0 Å². The van der Waals surface area contributed by atoms with Crippen molar-refractivity contribution in [1.29, 1.82) is 0 Å². The zero-order chi connectivity index (χ0) is 7.40. The second-order valence-corrected chi connectivity index (χ2v) is 3.32. The Morgan fingerprint density at radius 3 is 3.00 bits per heavy atom. The van der Waals surface area contributed by atoms with Crippen LogP contribution in [-0.2, 0) is 13.0 Å². The molecule has 56 valence electrons. The molecule has 1 rings (SSSR count). The largest absolute Gasteiger partial charge is 0.326 e. The third kappa shape index (κ3) is 1.58. The second kappa shape index (κ2) is 3.74. The molecule has 2 N–H and O–H groups in total. The molecule has 0 saturated carbocycles. The van der Waals surface area contributed by atoms with Crippen molar-refractivity contribution in [3.8, 4) is 0 Å². The van der Waals surface area contributed by atoms with Crippen molar-refractivity contribution < 1.29 is 0 Å². The first-order valence-electron chi connectivity index (χ1n) is 3.63. The Balaban J connectivity index is 2.70. The van der Waals surface area contributed by atoms with Crippen LogP contribution < -0.4 is 5.73 Å². The minimum atomic E-state index is 0.701. The highest BCUT2D eigenvalue weighted by atomic mass is 32.1. The van der Waals surface area contributed by atoms with E-state index in [1.807, 2.05) is 0 Å². The number of hydrogen-bond donors (Lipinski definition) is 1. The lowest BCUT2D eigenvalue weighted by Gasteiger charge is -1.96. The predicted molar refractivity (Wildman–Crippen MR) is 46.2 cm³/mol. The van der Waals surface area contributed by atoms with E-state index in [1.54, 1.807) is 11.3 Å². The average Bonchev–Trinajstić information content (AvgIpc) is 2.36. The van der Waals surface area contributed by atoms with Gasteiger partial charge in [0.25, 0.3) is 0 Å². The van der Waals surface area contributed by atoms with Crippen LogP contribution in [0.15, 0.2) is 11.4 Å². The van der Waals surface area contributed by atoms with E-state index in [1.165, 1.54) is 23.3 Å². The highest BCUT2D eigenvalue weighted by molar-refractivity contribution is 7.10. The highest BCUT2D eigenvalue weighted by Crippen LogP contribution is 2.16. The second-order valence-electron chi connectivity index (χ2n) is 2.32. The molecule has 0 unspecified atom stereocenters. The topological polar surface area (TPSA) is 26.0 Å². The molecule has 0 radical (unpaired) electrons. The SMILES string of the molecule is CCCc1ccsc1CN. The van der Waals surface area contributed by atoms with Gasteiger partial charge in [0.05, 0.1) is 0 Å². The molecule has 0 fully saturated rings. The fraction of sp³-hybridized carbons (Fsp3) is 0.500. The van der Waals surface area contributed by atoms with E-state index in [0.29, 0.717) is 6.54 Å². The van der Waals surface area contributed by atoms with Crippen molar-refractivity contribution >= 4 is 11.3 Å². The van der Waals surface area contributed by atoms with E-state index in [9.17, 15) is 0 Å². The van der Waals surface area contributed by atoms with E-state index in [4.69, 9.17) is 5.73 Å². The lowest BCUT2D eigenvalue weighted by molar-refractivity contribution is 0.906. The molecule has 0 spiro atoms. The van der Waals surface area contributed by atoms with E-state index in [2.05, 4.69) is 18.4 Å². The van der Waals surface area contributed by atoms with Crippen LogP contribution in [-0.4, -0.2) is 0 Å². The van der Waals surface area contributed by atoms with Gasteiger partial charge in [-0.1, -0.05) is 13.3 Å². The molecule has 0 saturated heterocycles. The third-order valence-electron chi connectivity index (χ3n) is 1.54. The number of thiophene rings is 1. The monoisotopic (exact) mass is 155 g/mol. The van der Waals surface area contributed by atoms with Crippen molar-refractivity contribution in [3.05, 3.63) is 21.9 Å². The fourth-order valence-corrected chi connectivity index (χ4v) is 1.85. The van der Waals surface area contributed by atoms with Gasteiger partial charge in [0, 0.05) is 11.4 Å². The molecule has 1 heterocycles. The summed E-state index contributed by atoms with van der Waals surface area (Å²) in [6.45, 7) is 2.89. The van der Waals surface area contributed by atoms with Crippen molar-refractivity contribution in [2.45, 2.75) is 26.3 Å². The Kier molecular flexibility index (Phi) is 2.90. The van der Waals surface area contributed by atoms with Gasteiger partial charge in [-0.05, 0) is 23.4 Å². The first-order chi connectivity index (χ1) is 4.88. The van der Waals surface area contributed by atoms with Crippen molar-refractivity contribution in [3.63, 3.8) is 0 Å². The molecule has 0 aliphatic carbocycles. The van der Waals surface area contributed by atoms with Gasteiger partial charge < -0.3 is 5.73 Å². The number of rotatable bonds is 3. The van der Waals surface area contributed by atoms with Crippen LogP contribution in [0.3, 0.4) is 0 Å². The maximum atomic E-state index is 5.54. The van der Waals surface area contributed by atoms with Gasteiger partial charge in [0.1, 0.15) is 0 Å². The average molecular weight is 155 g/mol. The zero-order valence-electron chi connectivity index (χ0n) is 6.26. The quantitative estimate of drug-likeness (QED) is 0.711. The standard InChI is InChI=1S/C8H13NS/c1-2-3-7-4-5-10-8(7)6-9/h4-5H,2-3,6,9H2,1H3. The summed E-state index contributed by atoms with van der Waals surface area (Å²) in [5, 5.41) is 2.12. The minimum absolute atomic E-state index is 0.701. The maximum absolute atomic E-state index is 5.54. The Hall–Kier alpha value is -0.340. The molecule has 0 aromatic carbocycles. The maximum Gasteiger partial charge on any atom is 0.0276 e. The lowest BCUT2D eigenvalue weighted by Crippen LogP contribution is -1.96. The van der Waals surface area contributed by atoms with Crippen LogP contribution in [0.25, 0.3) is 0 Å². The van der Waals surface area contributed by atoms with Crippen LogP contribution in [0.5, 0.6) is 0 Å². The zero-order valence-corrected chi connectivity index (χ0v) is 7.08. The molecule has 0 aliphatic rings. The summed E-state index contributed by atoms with van der Waals surface area (Å²) in [5.41, 5.74) is 6.98. The number of aryl methyl sites for hydroxylation is 1. The van der Waals surface area contributed by atoms with Crippen LogP contribution in [0.4, 0.5) is 0 Å². The molecule has 1 nitrogen and oxygen atoms in total. The predicted octanol–water partition coefficient (Wildman–Crippen LogP) is 2.16. The summed E-state index contributed by atoms with van der Waals surface area (Å²) >= 11 is 1.76. The Morgan fingerprint density at radius 2 is 2.40 bits per heavy atom. The minimum Gasteiger partial charge on any atom is -0.326 e. The summed E-state index contributed by atoms with van der Waals surface area (Å²) in [5.74, 6) is 0. The Labute approximate surface area is 65.9 Å². The summed E-state index contributed by atoms with van der Waals surface area (Å²) < 4.78 is 0. The molecule has 1 aromatic heterocycles. The number of nitrogens with two attached hydrogens (primary N) is 1. The van der Waals surface area contributed by atoms with Crippen molar-refractivity contribution in [2.24, 2.45) is 5.73 Å². The van der Waals surface area contributed by atoms with Crippen molar-refractivity contribution in [1.82, 2.24) is 0 Å². The fourth-order valence-electron chi connectivity index (χ4n) is 1.04. The first kappa shape index (κ1) is 7.76. The molecule has 2 heteroatoms. The van der Waals surface area contributed by atoms with E-state index in [0.717, 1.165) is 0 Å². The molecule has 0 bridgehead atoms. The Bertz CT molecular complexity index is 193. The number of hydrogen-bond acceptors (Lipinski definition) is 2. The van der Waals surface area contributed by atoms with Gasteiger partial charge in [-0.25, -0.2) is 0 Å². The van der Waals surface area contributed by atoms with E-state index < -0.39 is 0 Å². The summed E-state index contributed by atoms with van der Waals surface area (Å²) in [7, 11) is 0. The van der Waals surface area contributed by atoms with E-state index in [-0.39, 0.29) is 0 Å². The van der Waals surface area contributed by atoms with Gasteiger partial charge in [0.15, 0.2) is 0 Å². The van der Waals surface area contributed by atoms with E-state index >= 15 is 0 Å². The molecular weight excluding hydrogens is 142 g/mol. The van der Waals surface area contributed by atoms with Crippen LogP contribution >= 0.6 is 11.3 Å². The first-order valence-corrected chi connectivity index (χ1v) is 4.51. The highest BCUT2D eigenvalue weighted by Gasteiger charge is 1.99. The van der Waals surface area contributed by atoms with Gasteiger partial charge in [-0.3, -0.25) is 0 Å². The molecule has 0 atom stereocenters.